The van der Waals surface area contributed by atoms with E-state index in [0.717, 1.165) is 6.08 Å². The number of hydrogen-bond donors (Lipinski definition) is 2. The Morgan fingerprint density at radius 1 is 0.727 bits per heavy atom. The van der Waals surface area contributed by atoms with Gasteiger partial charge in [0.25, 0.3) is 0 Å². The molecule has 0 heterocycles. The normalized spacial score (nSPS) is 10.1. The number of rotatable bonds is 4. The second-order valence-electron chi connectivity index (χ2n) is 7.05. The van der Waals surface area contributed by atoms with Crippen molar-refractivity contribution in [3.63, 3.8) is 0 Å². The molecule has 6 heteroatoms. The van der Waals surface area contributed by atoms with Crippen molar-refractivity contribution < 1.29 is 29.3 Å². The van der Waals surface area contributed by atoms with Crippen LogP contribution in [0.4, 0.5) is 0 Å². The summed E-state index contributed by atoms with van der Waals surface area (Å²) in [6.07, 6.45) is 1.10. The van der Waals surface area contributed by atoms with Crippen molar-refractivity contribution in [1.82, 2.24) is 0 Å². The van der Waals surface area contributed by atoms with Crippen molar-refractivity contribution in [1.29, 1.82) is 0 Å². The monoisotopic (exact) mass is 442 g/mol. The largest absolute Gasteiger partial charge is 0.507 e. The Labute approximate surface area is 190 Å². The molecule has 4 rings (SSSR count). The highest BCUT2D eigenvalue weighted by Crippen LogP contribution is 2.33. The van der Waals surface area contributed by atoms with Crippen molar-refractivity contribution in [2.75, 3.05) is 0 Å². The molecule has 166 valence electrons. The molecule has 0 unspecified atom stereocenters. The summed E-state index contributed by atoms with van der Waals surface area (Å²) in [5.41, 5.74) is 0.335. The molecule has 0 spiro atoms. The molecule has 0 saturated carbocycles. The standard InChI is InChI=1S/C14H12O3.C13H10O3/c1-9(2)14(16)17-13-8-7-12(15)10-5-3-4-6-11(10)13;1-2-13(15)16-12-8-7-11(14)9-5-3-4-6-10(9)12/h3-8,15H,1H2,2H3;2-8,14H,1H2. The first-order chi connectivity index (χ1) is 15.8. The molecular formula is C27H22O6. The van der Waals surface area contributed by atoms with Gasteiger partial charge in [-0.2, -0.15) is 0 Å². The van der Waals surface area contributed by atoms with Crippen LogP contribution in [0.5, 0.6) is 23.0 Å². The number of phenolic OH excluding ortho intramolecular Hbond substituents is 2. The van der Waals surface area contributed by atoms with Gasteiger partial charge in [0.05, 0.1) is 0 Å². The van der Waals surface area contributed by atoms with E-state index in [1.165, 1.54) is 12.1 Å². The third-order valence-electron chi connectivity index (χ3n) is 4.65. The third-order valence-corrected chi connectivity index (χ3v) is 4.65. The van der Waals surface area contributed by atoms with Crippen LogP contribution >= 0.6 is 0 Å². The molecule has 2 N–H and O–H groups in total. The number of carbonyl (C=O) groups is 2. The van der Waals surface area contributed by atoms with Crippen molar-refractivity contribution in [3.8, 4) is 23.0 Å². The SMILES string of the molecule is C=C(C)C(=O)Oc1ccc(O)c2ccccc12.C=CC(=O)Oc1ccc(O)c2ccccc12. The van der Waals surface area contributed by atoms with Crippen LogP contribution in [-0.4, -0.2) is 22.2 Å². The predicted molar refractivity (Wildman–Crippen MR) is 128 cm³/mol. The number of ether oxygens (including phenoxy) is 2. The van der Waals surface area contributed by atoms with Crippen LogP contribution in [0.1, 0.15) is 6.92 Å². The summed E-state index contributed by atoms with van der Waals surface area (Å²) < 4.78 is 10.3. The van der Waals surface area contributed by atoms with Gasteiger partial charge in [-0.25, -0.2) is 9.59 Å². The van der Waals surface area contributed by atoms with Gasteiger partial charge in [0.2, 0.25) is 0 Å². The molecule has 0 radical (unpaired) electrons. The molecule has 0 saturated heterocycles. The lowest BCUT2D eigenvalue weighted by molar-refractivity contribution is -0.130. The van der Waals surface area contributed by atoms with Gasteiger partial charge < -0.3 is 19.7 Å². The van der Waals surface area contributed by atoms with Gasteiger partial charge in [-0.3, -0.25) is 0 Å². The first-order valence-electron chi connectivity index (χ1n) is 9.95. The highest BCUT2D eigenvalue weighted by atomic mass is 16.5. The van der Waals surface area contributed by atoms with Crippen LogP contribution < -0.4 is 9.47 Å². The summed E-state index contributed by atoms with van der Waals surface area (Å²) in [5.74, 6) is 0.172. The average Bonchev–Trinajstić information content (AvgIpc) is 2.83. The zero-order valence-corrected chi connectivity index (χ0v) is 17.9. The van der Waals surface area contributed by atoms with Crippen LogP contribution in [0.25, 0.3) is 21.5 Å². The van der Waals surface area contributed by atoms with Gasteiger partial charge >= 0.3 is 11.9 Å². The van der Waals surface area contributed by atoms with Crippen molar-refractivity contribution in [2.24, 2.45) is 0 Å². The topological polar surface area (TPSA) is 93.1 Å². The second kappa shape index (κ2) is 10.2. The maximum atomic E-state index is 11.5. The molecule has 0 atom stereocenters. The number of phenols is 2. The van der Waals surface area contributed by atoms with Gasteiger partial charge in [-0.05, 0) is 31.2 Å². The first-order valence-corrected chi connectivity index (χ1v) is 9.95. The van der Waals surface area contributed by atoms with E-state index in [0.29, 0.717) is 38.6 Å². The van der Waals surface area contributed by atoms with Crippen molar-refractivity contribution in [2.45, 2.75) is 6.92 Å². The summed E-state index contributed by atoms with van der Waals surface area (Å²) in [6.45, 7) is 8.44. The van der Waals surface area contributed by atoms with Crippen molar-refractivity contribution in [3.05, 3.63) is 97.6 Å². The number of aromatic hydroxyl groups is 2. The maximum Gasteiger partial charge on any atom is 0.338 e. The fourth-order valence-electron chi connectivity index (χ4n) is 3.03. The second-order valence-corrected chi connectivity index (χ2v) is 7.05. The minimum Gasteiger partial charge on any atom is -0.507 e. The highest BCUT2D eigenvalue weighted by Gasteiger charge is 2.10. The molecule has 4 aromatic carbocycles. The van der Waals surface area contributed by atoms with E-state index in [4.69, 9.17) is 9.47 Å². The Bertz CT molecular complexity index is 1370. The quantitative estimate of drug-likeness (QED) is 0.241. The lowest BCUT2D eigenvalue weighted by Gasteiger charge is -2.08. The Balaban J connectivity index is 0.000000186. The Kier molecular flexibility index (Phi) is 7.10. The molecule has 33 heavy (non-hydrogen) atoms. The zero-order valence-electron chi connectivity index (χ0n) is 17.9. The van der Waals surface area contributed by atoms with E-state index in [-0.39, 0.29) is 11.5 Å². The smallest absolute Gasteiger partial charge is 0.338 e. The summed E-state index contributed by atoms with van der Waals surface area (Å²) in [5, 5.41) is 22.0. The van der Waals surface area contributed by atoms with E-state index >= 15 is 0 Å². The maximum absolute atomic E-state index is 11.5. The molecule has 0 aliphatic rings. The number of esters is 2. The molecule has 0 amide bonds. The van der Waals surface area contributed by atoms with E-state index in [2.05, 4.69) is 13.2 Å². The van der Waals surface area contributed by atoms with E-state index in [1.54, 1.807) is 49.4 Å². The number of carbonyl (C=O) groups excluding carboxylic acids is 2. The lowest BCUT2D eigenvalue weighted by Crippen LogP contribution is -2.08. The lowest BCUT2D eigenvalue weighted by atomic mass is 10.1. The fourth-order valence-corrected chi connectivity index (χ4v) is 3.03. The molecule has 0 aromatic heterocycles. The van der Waals surface area contributed by atoms with Gasteiger partial charge in [-0.15, -0.1) is 0 Å². The van der Waals surface area contributed by atoms with Gasteiger partial charge in [0.1, 0.15) is 23.0 Å². The summed E-state index contributed by atoms with van der Waals surface area (Å²) in [4.78, 5) is 22.6. The summed E-state index contributed by atoms with van der Waals surface area (Å²) >= 11 is 0. The summed E-state index contributed by atoms with van der Waals surface area (Å²) in [7, 11) is 0. The minimum atomic E-state index is -0.518. The minimum absolute atomic E-state index is 0.161. The molecule has 4 aromatic rings. The molecule has 0 bridgehead atoms. The van der Waals surface area contributed by atoms with Gasteiger partial charge in [0, 0.05) is 33.2 Å². The fraction of sp³-hybridized carbons (Fsp3) is 0.0370. The van der Waals surface area contributed by atoms with Crippen LogP contribution in [0, 0.1) is 0 Å². The van der Waals surface area contributed by atoms with Crippen LogP contribution in [-0.2, 0) is 9.59 Å². The van der Waals surface area contributed by atoms with Crippen LogP contribution in [0.15, 0.2) is 97.6 Å². The first kappa shape index (κ1) is 23.1. The molecule has 0 fully saturated rings. The third kappa shape index (κ3) is 5.37. The molecule has 6 nitrogen and oxygen atoms in total. The number of fused-ring (bicyclic) bond motifs is 2. The Hall–Kier alpha value is -4.58. The summed E-state index contributed by atoms with van der Waals surface area (Å²) in [6, 6.07) is 20.5. The van der Waals surface area contributed by atoms with E-state index in [1.807, 2.05) is 18.2 Å². The highest BCUT2D eigenvalue weighted by molar-refractivity contribution is 5.97. The molecular weight excluding hydrogens is 420 g/mol. The van der Waals surface area contributed by atoms with E-state index in [9.17, 15) is 19.8 Å². The van der Waals surface area contributed by atoms with Crippen molar-refractivity contribution >= 4 is 33.5 Å². The zero-order chi connectivity index (χ0) is 24.0. The van der Waals surface area contributed by atoms with Gasteiger partial charge in [0.15, 0.2) is 0 Å². The molecule has 0 aliphatic carbocycles. The van der Waals surface area contributed by atoms with Crippen LogP contribution in [0.3, 0.4) is 0 Å². The predicted octanol–water partition coefficient (Wildman–Crippen LogP) is 5.66. The van der Waals surface area contributed by atoms with Crippen LogP contribution in [0.2, 0.25) is 0 Å². The Morgan fingerprint density at radius 3 is 1.58 bits per heavy atom. The number of benzene rings is 4. The average molecular weight is 442 g/mol. The number of hydrogen-bond acceptors (Lipinski definition) is 6. The van der Waals surface area contributed by atoms with E-state index < -0.39 is 11.9 Å². The molecule has 0 aliphatic heterocycles. The van der Waals surface area contributed by atoms with Gasteiger partial charge in [-0.1, -0.05) is 61.7 Å². The Morgan fingerprint density at radius 2 is 1.15 bits per heavy atom.